The molecule has 2 aromatic heterocycles. The summed E-state index contributed by atoms with van der Waals surface area (Å²) in [5.74, 6) is 0.302. The minimum atomic E-state index is -0.644. The summed E-state index contributed by atoms with van der Waals surface area (Å²) in [5.41, 5.74) is 4.63. The van der Waals surface area contributed by atoms with Gasteiger partial charge in [0.2, 0.25) is 12.1 Å². The molecule has 148 valence electrons. The smallest absolute Gasteiger partial charge is 0.251 e. The predicted octanol–water partition coefficient (Wildman–Crippen LogP) is 5.51. The fourth-order valence-corrected chi connectivity index (χ4v) is 4.47. The lowest BCUT2D eigenvalue weighted by atomic mass is 10.0. The van der Waals surface area contributed by atoms with Crippen LogP contribution in [0.3, 0.4) is 0 Å². The molecule has 1 amide bonds. The van der Waals surface area contributed by atoms with Crippen LogP contribution >= 0.6 is 11.3 Å². The molecule has 30 heavy (non-hydrogen) atoms. The Morgan fingerprint density at radius 3 is 2.57 bits per heavy atom. The van der Waals surface area contributed by atoms with E-state index in [1.54, 1.807) is 11.3 Å². The predicted molar refractivity (Wildman–Crippen MR) is 119 cm³/mol. The van der Waals surface area contributed by atoms with Gasteiger partial charge in [0.1, 0.15) is 0 Å². The molecule has 0 fully saturated rings. The maximum atomic E-state index is 12.4. The topological polar surface area (TPSA) is 54.8 Å². The first-order valence-corrected chi connectivity index (χ1v) is 10.5. The average molecular weight is 414 g/mol. The number of carbonyl (C=O) groups is 1. The van der Waals surface area contributed by atoms with Crippen molar-refractivity contribution in [3.8, 4) is 11.3 Å². The van der Waals surface area contributed by atoms with Gasteiger partial charge in [0, 0.05) is 23.4 Å². The van der Waals surface area contributed by atoms with E-state index in [-0.39, 0.29) is 5.91 Å². The summed E-state index contributed by atoms with van der Waals surface area (Å²) in [4.78, 5) is 18.2. The second-order valence-corrected chi connectivity index (χ2v) is 8.07. The maximum absolute atomic E-state index is 12.4. The van der Waals surface area contributed by atoms with Crippen molar-refractivity contribution in [1.29, 1.82) is 0 Å². The Labute approximate surface area is 178 Å². The van der Waals surface area contributed by atoms with Gasteiger partial charge in [0.15, 0.2) is 0 Å². The van der Waals surface area contributed by atoms with Crippen LogP contribution in [0.5, 0.6) is 0 Å². The fraction of sp³-hybridized carbons (Fsp3) is 0.125. The molecule has 0 radical (unpaired) electrons. The van der Waals surface area contributed by atoms with E-state index < -0.39 is 6.23 Å². The highest BCUT2D eigenvalue weighted by molar-refractivity contribution is 7.12. The Kier molecular flexibility index (Phi) is 4.56. The number of ether oxygens (including phenoxy) is 1. The number of benzene rings is 2. The molecule has 0 aliphatic carbocycles. The highest BCUT2D eigenvalue weighted by atomic mass is 32.1. The van der Waals surface area contributed by atoms with Crippen LogP contribution in [-0.2, 0) is 9.53 Å². The maximum Gasteiger partial charge on any atom is 0.251 e. The number of carbonyl (C=O) groups excluding carboxylic acids is 1. The van der Waals surface area contributed by atoms with Gasteiger partial charge < -0.3 is 4.74 Å². The third-order valence-electron chi connectivity index (χ3n) is 5.11. The van der Waals surface area contributed by atoms with E-state index in [4.69, 9.17) is 9.72 Å². The number of pyridine rings is 1. The summed E-state index contributed by atoms with van der Waals surface area (Å²) in [6, 6.07) is 21.9. The number of amides is 1. The number of aryl methyl sites for hydroxylation is 1. The molecule has 5 rings (SSSR count). The average Bonchev–Trinajstić information content (AvgIpc) is 3.40. The molecule has 0 N–H and O–H groups in total. The molecule has 1 aliphatic rings. The molecule has 0 saturated heterocycles. The second-order valence-electron chi connectivity index (χ2n) is 7.15. The molecule has 3 heterocycles. The summed E-state index contributed by atoms with van der Waals surface area (Å²) in [7, 11) is 0. The molecule has 0 bridgehead atoms. The summed E-state index contributed by atoms with van der Waals surface area (Å²) < 4.78 is 6.28. The molecule has 6 heteroatoms. The first-order chi connectivity index (χ1) is 14.6. The van der Waals surface area contributed by atoms with Gasteiger partial charge in [-0.05, 0) is 36.1 Å². The van der Waals surface area contributed by atoms with Gasteiger partial charge >= 0.3 is 0 Å². The van der Waals surface area contributed by atoms with Crippen LogP contribution in [0.25, 0.3) is 22.2 Å². The SMILES string of the molecule is CC(=O)N1N=C(c2sccc2C)OC1c1cc(-c2ccccc2)nc2ccccc12. The van der Waals surface area contributed by atoms with Crippen LogP contribution < -0.4 is 0 Å². The summed E-state index contributed by atoms with van der Waals surface area (Å²) in [6.07, 6.45) is -0.644. The molecule has 1 atom stereocenters. The van der Waals surface area contributed by atoms with Crippen molar-refractivity contribution in [3.05, 3.63) is 88.1 Å². The Hall–Kier alpha value is -3.51. The van der Waals surface area contributed by atoms with Crippen LogP contribution in [0.15, 0.2) is 77.2 Å². The highest BCUT2D eigenvalue weighted by Crippen LogP contribution is 2.37. The van der Waals surface area contributed by atoms with Gasteiger partial charge in [-0.25, -0.2) is 4.98 Å². The highest BCUT2D eigenvalue weighted by Gasteiger charge is 2.35. The molecule has 0 spiro atoms. The van der Waals surface area contributed by atoms with Crippen molar-refractivity contribution in [1.82, 2.24) is 9.99 Å². The van der Waals surface area contributed by atoms with Gasteiger partial charge in [-0.15, -0.1) is 16.4 Å². The van der Waals surface area contributed by atoms with Crippen LogP contribution in [0.1, 0.15) is 29.2 Å². The third-order valence-corrected chi connectivity index (χ3v) is 6.11. The van der Waals surface area contributed by atoms with Crippen LogP contribution in [0, 0.1) is 6.92 Å². The first-order valence-electron chi connectivity index (χ1n) is 9.66. The van der Waals surface area contributed by atoms with Crippen molar-refractivity contribution in [3.63, 3.8) is 0 Å². The van der Waals surface area contributed by atoms with E-state index >= 15 is 0 Å². The van der Waals surface area contributed by atoms with E-state index in [1.165, 1.54) is 11.9 Å². The summed E-state index contributed by atoms with van der Waals surface area (Å²) in [5, 5.41) is 8.88. The van der Waals surface area contributed by atoms with Crippen LogP contribution in [-0.4, -0.2) is 21.8 Å². The van der Waals surface area contributed by atoms with E-state index in [2.05, 4.69) is 5.10 Å². The van der Waals surface area contributed by atoms with Crippen LogP contribution in [0.2, 0.25) is 0 Å². The van der Waals surface area contributed by atoms with Gasteiger partial charge in [0.05, 0.1) is 16.1 Å². The molecule has 2 aromatic carbocycles. The Morgan fingerprint density at radius 2 is 1.83 bits per heavy atom. The monoisotopic (exact) mass is 413 g/mol. The van der Waals surface area contributed by atoms with Crippen molar-refractivity contribution in [2.45, 2.75) is 20.1 Å². The number of thiophene rings is 1. The lowest BCUT2D eigenvalue weighted by Crippen LogP contribution is -2.25. The lowest BCUT2D eigenvalue weighted by molar-refractivity contribution is -0.135. The standard InChI is InChI=1S/C24H19N3O2S/c1-15-12-13-30-22(15)23-26-27(16(2)28)24(29-23)19-14-21(17-8-4-3-5-9-17)25-20-11-7-6-10-18(19)20/h3-14,24H,1-2H3. The zero-order chi connectivity index (χ0) is 20.7. The number of hydrazone groups is 1. The molecule has 4 aromatic rings. The fourth-order valence-electron chi connectivity index (χ4n) is 3.61. The number of rotatable bonds is 3. The van der Waals surface area contributed by atoms with Gasteiger partial charge in [-0.3, -0.25) is 4.79 Å². The van der Waals surface area contributed by atoms with E-state index in [9.17, 15) is 4.79 Å². The van der Waals surface area contributed by atoms with Gasteiger partial charge in [0.25, 0.3) is 5.90 Å². The van der Waals surface area contributed by atoms with Gasteiger partial charge in [-0.1, -0.05) is 48.5 Å². The lowest BCUT2D eigenvalue weighted by Gasteiger charge is -2.21. The molecule has 1 unspecified atom stereocenters. The number of nitrogens with zero attached hydrogens (tertiary/aromatic N) is 3. The minimum Gasteiger partial charge on any atom is -0.445 e. The van der Waals surface area contributed by atoms with Crippen molar-refractivity contribution >= 4 is 34.0 Å². The first kappa shape index (κ1) is 18.5. The normalized spacial score (nSPS) is 15.9. The largest absolute Gasteiger partial charge is 0.445 e. The Bertz CT molecular complexity index is 1280. The van der Waals surface area contributed by atoms with Crippen molar-refractivity contribution in [2.75, 3.05) is 0 Å². The Balaban J connectivity index is 1.66. The van der Waals surface area contributed by atoms with Crippen molar-refractivity contribution in [2.24, 2.45) is 5.10 Å². The molecular formula is C24H19N3O2S. The molecule has 1 aliphatic heterocycles. The third kappa shape index (κ3) is 3.15. The number of hydrogen-bond acceptors (Lipinski definition) is 5. The van der Waals surface area contributed by atoms with E-state index in [0.717, 1.165) is 38.2 Å². The molecule has 0 saturated carbocycles. The zero-order valence-corrected chi connectivity index (χ0v) is 17.4. The number of aromatic nitrogens is 1. The summed E-state index contributed by atoms with van der Waals surface area (Å²) in [6.45, 7) is 3.52. The minimum absolute atomic E-state index is 0.175. The quantitative estimate of drug-likeness (QED) is 0.445. The molecular weight excluding hydrogens is 394 g/mol. The van der Waals surface area contributed by atoms with Gasteiger partial charge in [-0.2, -0.15) is 5.01 Å². The zero-order valence-electron chi connectivity index (χ0n) is 16.6. The van der Waals surface area contributed by atoms with Crippen LogP contribution in [0.4, 0.5) is 0 Å². The second kappa shape index (κ2) is 7.39. The number of hydrogen-bond donors (Lipinski definition) is 0. The van der Waals surface area contributed by atoms with E-state index in [0.29, 0.717) is 5.90 Å². The Morgan fingerprint density at radius 1 is 1.07 bits per heavy atom. The summed E-state index contributed by atoms with van der Waals surface area (Å²) >= 11 is 1.56. The van der Waals surface area contributed by atoms with Crippen molar-refractivity contribution < 1.29 is 9.53 Å². The number of fused-ring (bicyclic) bond motifs is 1. The number of para-hydroxylation sites is 1. The molecule has 5 nitrogen and oxygen atoms in total. The van der Waals surface area contributed by atoms with E-state index in [1.807, 2.05) is 79.0 Å².